The van der Waals surface area contributed by atoms with Gasteiger partial charge in [-0.2, -0.15) is 0 Å². The van der Waals surface area contributed by atoms with Crippen molar-refractivity contribution in [2.24, 2.45) is 40.4 Å². The van der Waals surface area contributed by atoms with Gasteiger partial charge in [0.15, 0.2) is 0 Å². The third-order valence-corrected chi connectivity index (χ3v) is 16.2. The van der Waals surface area contributed by atoms with E-state index in [-0.39, 0.29) is 5.41 Å². The van der Waals surface area contributed by atoms with Crippen LogP contribution in [-0.4, -0.2) is 8.07 Å². The zero-order chi connectivity index (χ0) is 22.0. The van der Waals surface area contributed by atoms with E-state index in [0.717, 1.165) is 29.6 Å². The summed E-state index contributed by atoms with van der Waals surface area (Å²) < 4.78 is 0. The monoisotopic (exact) mass is 442 g/mol. The van der Waals surface area contributed by atoms with Crippen LogP contribution in [0.3, 0.4) is 0 Å². The number of terminal acetylenes is 1. The van der Waals surface area contributed by atoms with Gasteiger partial charge in [0, 0.05) is 0 Å². The Bertz CT molecular complexity index is 925. The lowest BCUT2D eigenvalue weighted by atomic mass is 9.27. The van der Waals surface area contributed by atoms with Crippen molar-refractivity contribution in [2.45, 2.75) is 101 Å². The van der Waals surface area contributed by atoms with Crippen LogP contribution in [0.2, 0.25) is 24.7 Å². The molecule has 9 rings (SSSR count). The summed E-state index contributed by atoms with van der Waals surface area (Å²) in [6.45, 7) is 8.05. The molecule has 0 nitrogen and oxygen atoms in total. The van der Waals surface area contributed by atoms with Crippen LogP contribution in [-0.2, 0) is 5.41 Å². The van der Waals surface area contributed by atoms with Crippen molar-refractivity contribution >= 4 is 8.07 Å². The van der Waals surface area contributed by atoms with Crippen molar-refractivity contribution in [1.29, 1.82) is 0 Å². The first-order chi connectivity index (χ1) is 15.3. The Morgan fingerprint density at radius 2 is 1.22 bits per heavy atom. The second-order valence-electron chi connectivity index (χ2n) is 14.7. The highest BCUT2D eigenvalue weighted by molar-refractivity contribution is 6.79. The second-order valence-corrected chi connectivity index (χ2v) is 20.1. The summed E-state index contributed by atoms with van der Waals surface area (Å²) in [6, 6.07) is 11.7. The van der Waals surface area contributed by atoms with E-state index in [1.54, 1.807) is 5.56 Å². The molecule has 8 aliphatic carbocycles. The average molecular weight is 443 g/mol. The first-order valence-corrected chi connectivity index (χ1v) is 17.3. The van der Waals surface area contributed by atoms with E-state index in [1.165, 1.54) is 70.6 Å². The zero-order valence-corrected chi connectivity index (χ0v) is 21.6. The fourth-order valence-electron chi connectivity index (χ4n) is 12.5. The number of benzene rings is 1. The molecule has 1 heteroatoms. The molecule has 1 aromatic carbocycles. The second kappa shape index (κ2) is 6.16. The Labute approximate surface area is 197 Å². The molecule has 8 aliphatic rings. The molecule has 3 atom stereocenters. The lowest BCUT2D eigenvalue weighted by molar-refractivity contribution is -0.227. The van der Waals surface area contributed by atoms with Crippen molar-refractivity contribution in [3.8, 4) is 12.3 Å². The van der Waals surface area contributed by atoms with E-state index in [4.69, 9.17) is 6.42 Å². The van der Waals surface area contributed by atoms with Crippen LogP contribution in [0.15, 0.2) is 30.3 Å². The first kappa shape index (κ1) is 20.4. The molecule has 0 aliphatic heterocycles. The van der Waals surface area contributed by atoms with Crippen molar-refractivity contribution < 1.29 is 0 Å². The largest absolute Gasteiger partial charge is 0.119 e. The van der Waals surface area contributed by atoms with Gasteiger partial charge in [-0.05, 0) is 122 Å². The average Bonchev–Trinajstić information content (AvgIpc) is 2.72. The molecule has 8 saturated carbocycles. The normalized spacial score (nSPS) is 52.9. The molecule has 0 amide bonds. The highest BCUT2D eigenvalue weighted by Crippen LogP contribution is 2.86. The maximum Gasteiger partial charge on any atom is 0.0654 e. The molecule has 0 radical (unpaired) electrons. The summed E-state index contributed by atoms with van der Waals surface area (Å²) in [5, 5.41) is 0.365. The van der Waals surface area contributed by atoms with Gasteiger partial charge in [0.05, 0.1) is 13.5 Å². The first-order valence-electron chi connectivity index (χ1n) is 13.8. The Balaban J connectivity index is 1.54. The molecule has 0 aromatic heterocycles. The molecular formula is C31H42Si. The van der Waals surface area contributed by atoms with Crippen molar-refractivity contribution in [3.63, 3.8) is 0 Å². The van der Waals surface area contributed by atoms with E-state index >= 15 is 0 Å². The van der Waals surface area contributed by atoms with Gasteiger partial charge in [0.2, 0.25) is 0 Å². The van der Waals surface area contributed by atoms with Crippen LogP contribution in [0.25, 0.3) is 0 Å². The van der Waals surface area contributed by atoms with E-state index in [9.17, 15) is 0 Å². The van der Waals surface area contributed by atoms with Crippen LogP contribution >= 0.6 is 0 Å². The third kappa shape index (κ3) is 2.14. The molecule has 8 bridgehead atoms. The molecule has 0 spiro atoms. The van der Waals surface area contributed by atoms with E-state index < -0.39 is 8.07 Å². The molecule has 1 aromatic rings. The molecule has 8 fully saturated rings. The van der Waals surface area contributed by atoms with Gasteiger partial charge in [0.25, 0.3) is 0 Å². The van der Waals surface area contributed by atoms with Gasteiger partial charge < -0.3 is 0 Å². The summed E-state index contributed by atoms with van der Waals surface area (Å²) in [4.78, 5) is 0. The number of hydrogen-bond donors (Lipinski definition) is 0. The minimum Gasteiger partial charge on any atom is -0.119 e. The van der Waals surface area contributed by atoms with Gasteiger partial charge in [-0.15, -0.1) is 6.42 Å². The number of rotatable bonds is 3. The summed E-state index contributed by atoms with van der Waals surface area (Å²) in [5.74, 6) is 8.71. The fraction of sp³-hybridized carbons (Fsp3) is 0.742. The summed E-state index contributed by atoms with van der Waals surface area (Å²) in [7, 11) is -1.55. The Morgan fingerprint density at radius 1 is 0.719 bits per heavy atom. The molecule has 0 heterocycles. The topological polar surface area (TPSA) is 0 Å². The van der Waals surface area contributed by atoms with Gasteiger partial charge >= 0.3 is 0 Å². The summed E-state index contributed by atoms with van der Waals surface area (Å²) >= 11 is 0. The van der Waals surface area contributed by atoms with Crippen LogP contribution in [0.1, 0.15) is 76.2 Å². The SMILES string of the molecule is C#CC1(c2ccccc2)C2(C34CC5CC(CC(C5)C3)C4)CC3CC(C2)CC1([Si](C)(C)C)C3. The molecule has 32 heavy (non-hydrogen) atoms. The fourth-order valence-corrected chi connectivity index (χ4v) is 15.8. The molecule has 3 unspecified atom stereocenters. The highest BCUT2D eigenvalue weighted by Gasteiger charge is 2.79. The van der Waals surface area contributed by atoms with Gasteiger partial charge in [-0.3, -0.25) is 0 Å². The van der Waals surface area contributed by atoms with Crippen LogP contribution in [0.4, 0.5) is 0 Å². The molecule has 170 valence electrons. The van der Waals surface area contributed by atoms with Crippen LogP contribution in [0, 0.1) is 52.8 Å². The lowest BCUT2D eigenvalue weighted by Crippen LogP contribution is -2.75. The highest BCUT2D eigenvalue weighted by atomic mass is 28.3. The smallest absolute Gasteiger partial charge is 0.0654 e. The Kier molecular flexibility index (Phi) is 3.92. The number of hydrogen-bond acceptors (Lipinski definition) is 0. The van der Waals surface area contributed by atoms with Crippen LogP contribution < -0.4 is 0 Å². The predicted octanol–water partition coefficient (Wildman–Crippen LogP) is 8.06. The minimum absolute atomic E-state index is 0.0508. The minimum atomic E-state index is -1.55. The van der Waals surface area contributed by atoms with E-state index in [0.29, 0.717) is 15.9 Å². The third-order valence-electron chi connectivity index (χ3n) is 12.6. The summed E-state index contributed by atoms with van der Waals surface area (Å²) in [5.41, 5.74) is 2.35. The maximum atomic E-state index is 6.98. The standard InChI is InChI=1S/C31H42Si/c1-5-31(27-9-7-6-8-10-27)29(28-15-22-11-23(16-28)13-24(12-22)17-28)18-25-14-26(19-29)21-30(31,20-25)32(2,3)4/h1,6-10,22-26H,11-21H2,2-4H3. The van der Waals surface area contributed by atoms with E-state index in [1.807, 2.05) is 0 Å². The predicted molar refractivity (Wildman–Crippen MR) is 136 cm³/mol. The summed E-state index contributed by atoms with van der Waals surface area (Å²) in [6.07, 6.45) is 23.4. The molecule has 0 saturated heterocycles. The molecule has 0 N–H and O–H groups in total. The van der Waals surface area contributed by atoms with Gasteiger partial charge in [0.1, 0.15) is 0 Å². The quantitative estimate of drug-likeness (QED) is 0.328. The van der Waals surface area contributed by atoms with Crippen molar-refractivity contribution in [1.82, 2.24) is 0 Å². The Morgan fingerprint density at radius 3 is 1.69 bits per heavy atom. The Hall–Kier alpha value is -1.00. The van der Waals surface area contributed by atoms with Crippen molar-refractivity contribution in [3.05, 3.63) is 35.9 Å². The van der Waals surface area contributed by atoms with Gasteiger partial charge in [-0.1, -0.05) is 55.9 Å². The van der Waals surface area contributed by atoms with Crippen molar-refractivity contribution in [2.75, 3.05) is 0 Å². The lowest BCUT2D eigenvalue weighted by Gasteiger charge is -2.80. The van der Waals surface area contributed by atoms with Gasteiger partial charge in [-0.25, -0.2) is 0 Å². The van der Waals surface area contributed by atoms with E-state index in [2.05, 4.69) is 55.9 Å². The zero-order valence-electron chi connectivity index (χ0n) is 20.6. The van der Waals surface area contributed by atoms with Crippen LogP contribution in [0.5, 0.6) is 0 Å². The molecular weight excluding hydrogens is 400 g/mol. The maximum absolute atomic E-state index is 6.98.